The fourth-order valence-electron chi connectivity index (χ4n) is 4.55. The molecule has 0 spiro atoms. The molecule has 2 aromatic rings. The predicted octanol–water partition coefficient (Wildman–Crippen LogP) is 5.32. The summed E-state index contributed by atoms with van der Waals surface area (Å²) in [6, 6.07) is 10.3. The minimum Gasteiger partial charge on any atom is -0.343 e. The highest BCUT2D eigenvalue weighted by atomic mass is 19.1. The van der Waals surface area contributed by atoms with Gasteiger partial charge in [-0.05, 0) is 82.4 Å². The molecule has 1 N–H and O–H groups in total. The number of anilines is 1. The number of rotatable bonds is 10. The molecule has 2 aromatic carbocycles. The van der Waals surface area contributed by atoms with Crippen LogP contribution in [-0.4, -0.2) is 54.3 Å². The third-order valence-electron chi connectivity index (χ3n) is 6.47. The number of halogens is 2. The zero-order valence-corrected chi connectivity index (χ0v) is 20.2. The van der Waals surface area contributed by atoms with Crippen LogP contribution in [0.2, 0.25) is 0 Å². The number of carbonyl (C=O) groups is 2. The Morgan fingerprint density at radius 3 is 2.47 bits per heavy atom. The highest BCUT2D eigenvalue weighted by Crippen LogP contribution is 2.25. The molecule has 5 nitrogen and oxygen atoms in total. The van der Waals surface area contributed by atoms with Gasteiger partial charge in [-0.15, -0.1) is 0 Å². The Morgan fingerprint density at radius 1 is 1.06 bits per heavy atom. The maximum atomic E-state index is 14.0. The molecule has 1 fully saturated rings. The van der Waals surface area contributed by atoms with Crippen molar-refractivity contribution in [3.63, 3.8) is 0 Å². The number of hydrogen-bond acceptors (Lipinski definition) is 3. The number of hydrogen-bond donors (Lipinski definition) is 1. The first-order valence-corrected chi connectivity index (χ1v) is 12.3. The van der Waals surface area contributed by atoms with Gasteiger partial charge in [0.2, 0.25) is 11.8 Å². The monoisotopic (exact) mass is 471 g/mol. The molecule has 1 saturated heterocycles. The number of nitrogens with one attached hydrogen (secondary N) is 1. The van der Waals surface area contributed by atoms with Gasteiger partial charge >= 0.3 is 0 Å². The normalized spacial score (nSPS) is 16.3. The summed E-state index contributed by atoms with van der Waals surface area (Å²) < 4.78 is 27.1. The van der Waals surface area contributed by atoms with Crippen LogP contribution < -0.4 is 5.32 Å². The number of likely N-dealkylation sites (tertiary alicyclic amines) is 1. The lowest BCUT2D eigenvalue weighted by Gasteiger charge is -2.34. The molecule has 0 bridgehead atoms. The highest BCUT2D eigenvalue weighted by Gasteiger charge is 2.27. The van der Waals surface area contributed by atoms with E-state index in [-0.39, 0.29) is 17.7 Å². The van der Waals surface area contributed by atoms with Gasteiger partial charge in [-0.3, -0.25) is 9.59 Å². The standard InChI is InChI=1S/C27H35F2N3O2/c1-3-32(4-2)27(34)21-8-7-17-31(19-21)16-6-5-9-26(33)30-23-13-10-20(11-14-23)24-15-12-22(28)18-25(24)29/h10-15,18,21H,3-9,16-17,19H2,1-2H3,(H,30,33). The lowest BCUT2D eigenvalue weighted by atomic mass is 9.96. The molecule has 184 valence electrons. The highest BCUT2D eigenvalue weighted by molar-refractivity contribution is 5.91. The van der Waals surface area contributed by atoms with Gasteiger partial charge < -0.3 is 15.1 Å². The van der Waals surface area contributed by atoms with E-state index >= 15 is 0 Å². The Balaban J connectivity index is 1.39. The van der Waals surface area contributed by atoms with Crippen molar-refractivity contribution < 1.29 is 18.4 Å². The summed E-state index contributed by atoms with van der Waals surface area (Å²) in [6.45, 7) is 8.27. The van der Waals surface area contributed by atoms with E-state index < -0.39 is 11.6 Å². The smallest absolute Gasteiger partial charge is 0.226 e. The first kappa shape index (κ1) is 25.8. The van der Waals surface area contributed by atoms with Crippen molar-refractivity contribution in [2.45, 2.75) is 46.0 Å². The first-order valence-electron chi connectivity index (χ1n) is 12.3. The maximum absolute atomic E-state index is 14.0. The van der Waals surface area contributed by atoms with E-state index in [2.05, 4.69) is 10.2 Å². The molecule has 1 atom stereocenters. The molecular weight excluding hydrogens is 436 g/mol. The molecule has 34 heavy (non-hydrogen) atoms. The second-order valence-corrected chi connectivity index (χ2v) is 8.86. The van der Waals surface area contributed by atoms with Crippen LogP contribution in [-0.2, 0) is 9.59 Å². The molecule has 7 heteroatoms. The SMILES string of the molecule is CCN(CC)C(=O)C1CCCN(CCCCC(=O)Nc2ccc(-c3ccc(F)cc3F)cc2)C1. The number of nitrogens with zero attached hydrogens (tertiary/aromatic N) is 2. The van der Waals surface area contributed by atoms with Crippen LogP contribution in [0.3, 0.4) is 0 Å². The second-order valence-electron chi connectivity index (χ2n) is 8.86. The van der Waals surface area contributed by atoms with Crippen molar-refractivity contribution in [3.8, 4) is 11.1 Å². The van der Waals surface area contributed by atoms with E-state index in [1.807, 2.05) is 18.7 Å². The Kier molecular flexibility index (Phi) is 9.57. The molecule has 3 rings (SSSR count). The van der Waals surface area contributed by atoms with E-state index in [0.717, 1.165) is 64.5 Å². The Morgan fingerprint density at radius 2 is 1.79 bits per heavy atom. The summed E-state index contributed by atoms with van der Waals surface area (Å²) in [6.07, 6.45) is 4.10. The minimum absolute atomic E-state index is 0.0612. The molecule has 1 heterocycles. The first-order chi connectivity index (χ1) is 16.4. The quantitative estimate of drug-likeness (QED) is 0.477. The molecule has 2 amide bonds. The lowest BCUT2D eigenvalue weighted by molar-refractivity contribution is -0.137. The predicted molar refractivity (Wildman–Crippen MR) is 131 cm³/mol. The third kappa shape index (κ3) is 7.10. The second kappa shape index (κ2) is 12.6. The van der Waals surface area contributed by atoms with Gasteiger partial charge in [0, 0.05) is 43.4 Å². The fourth-order valence-corrected chi connectivity index (χ4v) is 4.55. The van der Waals surface area contributed by atoms with Gasteiger partial charge in [0.15, 0.2) is 0 Å². The summed E-state index contributed by atoms with van der Waals surface area (Å²) in [7, 11) is 0. The van der Waals surface area contributed by atoms with Crippen molar-refractivity contribution in [2.24, 2.45) is 5.92 Å². The van der Waals surface area contributed by atoms with Crippen LogP contribution in [0.4, 0.5) is 14.5 Å². The Hall–Kier alpha value is -2.80. The Bertz CT molecular complexity index is 961. The van der Waals surface area contributed by atoms with E-state index in [9.17, 15) is 18.4 Å². The third-order valence-corrected chi connectivity index (χ3v) is 6.47. The average molecular weight is 472 g/mol. The summed E-state index contributed by atoms with van der Waals surface area (Å²) in [5.74, 6) is -0.938. The molecule has 1 aliphatic rings. The number of carbonyl (C=O) groups excluding carboxylic acids is 2. The average Bonchev–Trinajstić information content (AvgIpc) is 2.83. The zero-order chi connectivity index (χ0) is 24.5. The van der Waals surface area contributed by atoms with Gasteiger partial charge in [0.1, 0.15) is 11.6 Å². The largest absolute Gasteiger partial charge is 0.343 e. The fraction of sp³-hybridized carbons (Fsp3) is 0.481. The van der Waals surface area contributed by atoms with Crippen molar-refractivity contribution in [2.75, 3.05) is 38.0 Å². The van der Waals surface area contributed by atoms with E-state index in [4.69, 9.17) is 0 Å². The lowest BCUT2D eigenvalue weighted by Crippen LogP contribution is -2.45. The van der Waals surface area contributed by atoms with Gasteiger partial charge in [0.05, 0.1) is 5.92 Å². The Labute approximate surface area is 201 Å². The van der Waals surface area contributed by atoms with Gasteiger partial charge in [-0.1, -0.05) is 12.1 Å². The molecule has 1 unspecified atom stereocenters. The van der Waals surface area contributed by atoms with Crippen LogP contribution in [0.1, 0.15) is 46.0 Å². The van der Waals surface area contributed by atoms with Crippen molar-refractivity contribution in [1.29, 1.82) is 0 Å². The van der Waals surface area contributed by atoms with E-state index in [1.165, 1.54) is 12.1 Å². The molecule has 0 saturated carbocycles. The summed E-state index contributed by atoms with van der Waals surface area (Å²) in [5.41, 5.74) is 1.58. The molecular formula is C27H35F2N3O2. The van der Waals surface area contributed by atoms with E-state index in [0.29, 0.717) is 23.2 Å². The summed E-state index contributed by atoms with van der Waals surface area (Å²) in [4.78, 5) is 29.2. The van der Waals surface area contributed by atoms with Crippen LogP contribution in [0.15, 0.2) is 42.5 Å². The molecule has 0 aromatic heterocycles. The van der Waals surface area contributed by atoms with Crippen LogP contribution in [0.25, 0.3) is 11.1 Å². The summed E-state index contributed by atoms with van der Waals surface area (Å²) in [5, 5.41) is 2.87. The molecule has 1 aliphatic heterocycles. The van der Waals surface area contributed by atoms with Crippen LogP contribution in [0, 0.1) is 17.6 Å². The molecule has 0 aliphatic carbocycles. The number of unbranched alkanes of at least 4 members (excludes halogenated alkanes) is 1. The minimum atomic E-state index is -0.616. The van der Waals surface area contributed by atoms with Crippen molar-refractivity contribution in [3.05, 3.63) is 54.1 Å². The van der Waals surface area contributed by atoms with Crippen molar-refractivity contribution in [1.82, 2.24) is 9.80 Å². The van der Waals surface area contributed by atoms with Gasteiger partial charge in [-0.25, -0.2) is 8.78 Å². The molecule has 0 radical (unpaired) electrons. The topological polar surface area (TPSA) is 52.7 Å². The van der Waals surface area contributed by atoms with Crippen LogP contribution >= 0.6 is 0 Å². The number of piperidine rings is 1. The van der Waals surface area contributed by atoms with E-state index in [1.54, 1.807) is 24.3 Å². The van der Waals surface area contributed by atoms with Crippen molar-refractivity contribution >= 4 is 17.5 Å². The maximum Gasteiger partial charge on any atom is 0.226 e. The zero-order valence-electron chi connectivity index (χ0n) is 20.2. The van der Waals surface area contributed by atoms with Gasteiger partial charge in [-0.2, -0.15) is 0 Å². The summed E-state index contributed by atoms with van der Waals surface area (Å²) >= 11 is 0. The van der Waals surface area contributed by atoms with Crippen LogP contribution in [0.5, 0.6) is 0 Å². The number of amides is 2. The van der Waals surface area contributed by atoms with Gasteiger partial charge in [0.25, 0.3) is 0 Å². The number of benzene rings is 2.